The van der Waals surface area contributed by atoms with Crippen LogP contribution in [0.2, 0.25) is 0 Å². The Labute approximate surface area is 178 Å². The molecule has 1 aliphatic carbocycles. The van der Waals surface area contributed by atoms with E-state index in [4.69, 9.17) is 4.74 Å². The molecule has 1 heterocycles. The number of urea groups is 1. The van der Waals surface area contributed by atoms with Crippen LogP contribution in [0.4, 0.5) is 18.0 Å². The van der Waals surface area contributed by atoms with Gasteiger partial charge < -0.3 is 10.1 Å². The van der Waals surface area contributed by atoms with E-state index < -0.39 is 29.7 Å². The summed E-state index contributed by atoms with van der Waals surface area (Å²) in [5, 5.41) is 3.45. The summed E-state index contributed by atoms with van der Waals surface area (Å²) in [7, 11) is 1.46. The Morgan fingerprint density at radius 2 is 1.84 bits per heavy atom. The topological polar surface area (TPSA) is 87.7 Å². The predicted molar refractivity (Wildman–Crippen MR) is 105 cm³/mol. The van der Waals surface area contributed by atoms with Gasteiger partial charge >= 0.3 is 12.2 Å². The van der Waals surface area contributed by atoms with Crippen LogP contribution in [-0.2, 0) is 16.1 Å². The highest BCUT2D eigenvalue weighted by molar-refractivity contribution is 6.08. The Morgan fingerprint density at radius 1 is 1.19 bits per heavy atom. The van der Waals surface area contributed by atoms with Crippen LogP contribution in [0.5, 0.6) is 5.75 Å². The van der Waals surface area contributed by atoms with Gasteiger partial charge in [0.25, 0.3) is 11.6 Å². The second-order valence-corrected chi connectivity index (χ2v) is 8.01. The molecule has 0 unspecified atom stereocenters. The Balaban J connectivity index is 1.71. The fourth-order valence-corrected chi connectivity index (χ4v) is 4.06. The van der Waals surface area contributed by atoms with E-state index in [-0.39, 0.29) is 13.0 Å². The Morgan fingerprint density at radius 3 is 2.42 bits per heavy atom. The van der Waals surface area contributed by atoms with Crippen molar-refractivity contribution in [1.82, 2.24) is 15.5 Å². The number of hydrogen-bond acceptors (Lipinski definition) is 4. The molecule has 1 saturated carbocycles. The van der Waals surface area contributed by atoms with Gasteiger partial charge in [0.1, 0.15) is 5.75 Å². The summed E-state index contributed by atoms with van der Waals surface area (Å²) >= 11 is 0. The molecule has 7 nitrogen and oxygen atoms in total. The minimum Gasteiger partial charge on any atom is -0.497 e. The molecule has 2 aliphatic rings. The van der Waals surface area contributed by atoms with Gasteiger partial charge in [-0.3, -0.25) is 19.8 Å². The maximum absolute atomic E-state index is 13.9. The Bertz CT molecular complexity index is 822. The lowest BCUT2D eigenvalue weighted by Crippen LogP contribution is -2.69. The lowest BCUT2D eigenvalue weighted by molar-refractivity contribution is -0.204. The van der Waals surface area contributed by atoms with Gasteiger partial charge in [-0.1, -0.05) is 44.2 Å². The summed E-state index contributed by atoms with van der Waals surface area (Å²) in [6.07, 6.45) is 0.244. The van der Waals surface area contributed by atoms with Crippen molar-refractivity contribution in [3.05, 3.63) is 29.8 Å². The summed E-state index contributed by atoms with van der Waals surface area (Å²) < 4.78 is 46.8. The molecule has 0 spiro atoms. The highest BCUT2D eigenvalue weighted by atomic mass is 19.4. The lowest BCUT2D eigenvalue weighted by Gasteiger charge is -2.30. The highest BCUT2D eigenvalue weighted by Gasteiger charge is 2.68. The van der Waals surface area contributed by atoms with Crippen molar-refractivity contribution in [3.8, 4) is 5.75 Å². The molecule has 3 rings (SSSR count). The number of carbonyl (C=O) groups excluding carboxylic acids is 3. The van der Waals surface area contributed by atoms with Gasteiger partial charge in [0.2, 0.25) is 5.91 Å². The number of alkyl halides is 3. The summed E-state index contributed by atoms with van der Waals surface area (Å²) in [5.74, 6) is -1.65. The molecule has 0 bridgehead atoms. The van der Waals surface area contributed by atoms with Crippen LogP contribution in [0.15, 0.2) is 24.3 Å². The van der Waals surface area contributed by atoms with Gasteiger partial charge in [0.05, 0.1) is 13.7 Å². The van der Waals surface area contributed by atoms with E-state index in [9.17, 15) is 27.6 Å². The molecule has 0 aromatic heterocycles. The number of amides is 4. The van der Waals surface area contributed by atoms with Crippen LogP contribution in [0.25, 0.3) is 0 Å². The summed E-state index contributed by atoms with van der Waals surface area (Å²) in [5.41, 5.74) is -3.02. The molecule has 170 valence electrons. The number of benzene rings is 1. The second-order valence-electron chi connectivity index (χ2n) is 8.01. The smallest absolute Gasteiger partial charge is 0.440 e. The van der Waals surface area contributed by atoms with Crippen LogP contribution in [0.1, 0.15) is 50.5 Å². The van der Waals surface area contributed by atoms with Gasteiger partial charge in [-0.15, -0.1) is 0 Å². The number of halogens is 3. The maximum Gasteiger partial charge on any atom is 0.440 e. The Kier molecular flexibility index (Phi) is 6.76. The van der Waals surface area contributed by atoms with E-state index >= 15 is 0 Å². The molecule has 10 heteroatoms. The van der Waals surface area contributed by atoms with Gasteiger partial charge in [-0.05, 0) is 30.0 Å². The first-order chi connectivity index (χ1) is 14.7. The average molecular weight is 441 g/mol. The first-order valence-corrected chi connectivity index (χ1v) is 10.3. The van der Waals surface area contributed by atoms with E-state index in [1.807, 2.05) is 0 Å². The van der Waals surface area contributed by atoms with Crippen LogP contribution in [0.3, 0.4) is 0 Å². The predicted octanol–water partition coefficient (Wildman–Crippen LogP) is 3.48. The van der Waals surface area contributed by atoms with E-state index in [0.717, 1.165) is 32.1 Å². The van der Waals surface area contributed by atoms with E-state index in [0.29, 0.717) is 28.6 Å². The zero-order valence-electron chi connectivity index (χ0n) is 17.3. The standard InChI is InChI=1S/C21H26F3N3O4/c1-31-16-10-7-15(8-11-16)13-27-18(29)20(21(22,23)24,26-19(27)30)25-17(28)12-9-14-5-3-2-4-6-14/h7-8,10-11,14H,2-6,9,12-13H2,1H3,(H,25,28)(H,26,30)/t20-/m1/s1. The van der Waals surface area contributed by atoms with Crippen LogP contribution >= 0.6 is 0 Å². The van der Waals surface area contributed by atoms with Crippen molar-refractivity contribution in [3.63, 3.8) is 0 Å². The zero-order chi connectivity index (χ0) is 22.6. The third kappa shape index (κ3) is 4.94. The molecular formula is C21H26F3N3O4. The molecule has 2 fully saturated rings. The van der Waals surface area contributed by atoms with Crippen molar-refractivity contribution < 1.29 is 32.3 Å². The lowest BCUT2D eigenvalue weighted by atomic mass is 9.86. The highest BCUT2D eigenvalue weighted by Crippen LogP contribution is 2.35. The van der Waals surface area contributed by atoms with E-state index in [2.05, 4.69) is 0 Å². The minimum atomic E-state index is -5.20. The van der Waals surface area contributed by atoms with Crippen molar-refractivity contribution in [2.45, 2.75) is 63.3 Å². The molecule has 1 atom stereocenters. The van der Waals surface area contributed by atoms with Gasteiger partial charge in [-0.25, -0.2) is 4.79 Å². The number of ether oxygens (including phenoxy) is 1. The van der Waals surface area contributed by atoms with Crippen molar-refractivity contribution >= 4 is 17.8 Å². The number of methoxy groups -OCH3 is 1. The van der Waals surface area contributed by atoms with E-state index in [1.165, 1.54) is 19.2 Å². The van der Waals surface area contributed by atoms with Crippen LogP contribution < -0.4 is 15.4 Å². The number of rotatable bonds is 7. The monoisotopic (exact) mass is 441 g/mol. The van der Waals surface area contributed by atoms with Crippen molar-refractivity contribution in [1.29, 1.82) is 0 Å². The largest absolute Gasteiger partial charge is 0.497 e. The molecule has 1 aromatic carbocycles. The van der Waals surface area contributed by atoms with Crippen molar-refractivity contribution in [2.24, 2.45) is 5.92 Å². The summed E-state index contributed by atoms with van der Waals surface area (Å²) in [6.45, 7) is -0.371. The quantitative estimate of drug-likeness (QED) is 0.635. The fraction of sp³-hybridized carbons (Fsp3) is 0.571. The van der Waals surface area contributed by atoms with Gasteiger partial charge in [0, 0.05) is 6.42 Å². The molecular weight excluding hydrogens is 415 g/mol. The first kappa shape index (κ1) is 22.9. The molecule has 0 radical (unpaired) electrons. The zero-order valence-corrected chi connectivity index (χ0v) is 17.3. The normalized spacial score (nSPS) is 22.4. The van der Waals surface area contributed by atoms with E-state index in [1.54, 1.807) is 22.8 Å². The maximum atomic E-state index is 13.9. The van der Waals surface area contributed by atoms with Crippen LogP contribution in [-0.4, -0.2) is 41.7 Å². The number of imide groups is 1. The molecule has 1 aliphatic heterocycles. The third-order valence-corrected chi connectivity index (χ3v) is 5.86. The third-order valence-electron chi connectivity index (χ3n) is 5.86. The first-order valence-electron chi connectivity index (χ1n) is 10.3. The summed E-state index contributed by atoms with van der Waals surface area (Å²) in [6, 6.07) is 4.99. The number of carbonyl (C=O) groups is 3. The molecule has 1 saturated heterocycles. The van der Waals surface area contributed by atoms with Gasteiger partial charge in [0.15, 0.2) is 0 Å². The molecule has 4 amide bonds. The second kappa shape index (κ2) is 9.15. The number of nitrogens with one attached hydrogen (secondary N) is 2. The molecule has 1 aromatic rings. The summed E-state index contributed by atoms with van der Waals surface area (Å²) in [4.78, 5) is 37.8. The average Bonchev–Trinajstić information content (AvgIpc) is 2.98. The van der Waals surface area contributed by atoms with Crippen molar-refractivity contribution in [2.75, 3.05) is 7.11 Å². The number of nitrogens with zero attached hydrogens (tertiary/aromatic N) is 1. The fourth-order valence-electron chi connectivity index (χ4n) is 4.06. The molecule has 2 N–H and O–H groups in total. The number of hydrogen-bond donors (Lipinski definition) is 2. The molecule has 31 heavy (non-hydrogen) atoms. The van der Waals surface area contributed by atoms with Gasteiger partial charge in [-0.2, -0.15) is 13.2 Å². The van der Waals surface area contributed by atoms with Crippen LogP contribution in [0, 0.1) is 5.92 Å². The minimum absolute atomic E-state index is 0.135. The SMILES string of the molecule is COc1ccc(CN2C(=O)N[C@@](NC(=O)CCC3CCCCC3)(C(F)(F)F)C2=O)cc1. The Hall–Kier alpha value is -2.78.